The van der Waals surface area contributed by atoms with E-state index < -0.39 is 46.4 Å². The highest BCUT2D eigenvalue weighted by Gasteiger charge is 2.71. The monoisotopic (exact) mass is 740 g/mol. The topological polar surface area (TPSA) is 181 Å². The molecule has 4 N–H and O–H groups in total. The number of imidazole rings is 1. The molecule has 2 aromatic heterocycles. The molecule has 274 valence electrons. The number of carboxylic acid groups (broad SMARTS) is 2. The van der Waals surface area contributed by atoms with Gasteiger partial charge < -0.3 is 25.3 Å². The zero-order valence-corrected chi connectivity index (χ0v) is 26.0. The fraction of sp³-hybridized carbons (Fsp3) is 0.615. The van der Waals surface area contributed by atoms with E-state index in [4.69, 9.17) is 30.5 Å². The Balaban J connectivity index is 0.000000327. The predicted molar refractivity (Wildman–Crippen MR) is 148 cm³/mol. The van der Waals surface area contributed by atoms with Gasteiger partial charge in [0.25, 0.3) is 0 Å². The van der Waals surface area contributed by atoms with Crippen LogP contribution in [0.5, 0.6) is 5.75 Å². The number of aliphatic carboxylic acids is 2. The van der Waals surface area contributed by atoms with Crippen LogP contribution in [-0.4, -0.2) is 111 Å². The Kier molecular flexibility index (Phi) is 9.91. The number of piperazine rings is 1. The van der Waals surface area contributed by atoms with Crippen LogP contribution in [0.2, 0.25) is 0 Å². The average Bonchev–Trinajstić information content (AvgIpc) is 3.66. The maximum absolute atomic E-state index is 12.8. The summed E-state index contributed by atoms with van der Waals surface area (Å²) in [6, 6.07) is 1.24. The lowest BCUT2D eigenvalue weighted by Gasteiger charge is -2.75. The van der Waals surface area contributed by atoms with Crippen molar-refractivity contribution < 1.29 is 72.5 Å². The number of alkyl halides is 9. The highest BCUT2D eigenvalue weighted by molar-refractivity contribution is 7.88. The second-order valence-electron chi connectivity index (χ2n) is 12.0. The van der Waals surface area contributed by atoms with E-state index in [1.807, 2.05) is 6.20 Å². The van der Waals surface area contributed by atoms with Gasteiger partial charge in [0.15, 0.2) is 11.6 Å². The highest BCUT2D eigenvalue weighted by Crippen LogP contribution is 2.69. The summed E-state index contributed by atoms with van der Waals surface area (Å²) in [7, 11) is -3.16. The summed E-state index contributed by atoms with van der Waals surface area (Å²) in [4.78, 5) is 28.9. The minimum Gasteiger partial charge on any atom is -0.475 e. The van der Waals surface area contributed by atoms with Crippen molar-refractivity contribution in [3.8, 4) is 17.0 Å². The molecule has 3 heterocycles. The molecule has 2 bridgehead atoms. The Bertz CT molecular complexity index is 1640. The molecule has 0 spiro atoms. The fourth-order valence-electron chi connectivity index (χ4n) is 6.11. The summed E-state index contributed by atoms with van der Waals surface area (Å²) < 4.78 is 133. The smallest absolute Gasteiger partial charge is 0.475 e. The summed E-state index contributed by atoms with van der Waals surface area (Å²) in [6.07, 6.45) is -5.41. The maximum atomic E-state index is 12.8. The molecule has 2 aromatic rings. The third-order valence-electron chi connectivity index (χ3n) is 8.43. The number of hydrogen-bond donors (Lipinski definition) is 3. The number of nitrogens with two attached hydrogens (primary N) is 1. The Morgan fingerprint density at radius 3 is 1.82 bits per heavy atom. The van der Waals surface area contributed by atoms with Crippen LogP contribution in [0.3, 0.4) is 0 Å². The van der Waals surface area contributed by atoms with E-state index in [2.05, 4.69) is 19.2 Å². The lowest BCUT2D eigenvalue weighted by Crippen LogP contribution is -2.80. The number of halogens is 9. The molecule has 0 aromatic carbocycles. The van der Waals surface area contributed by atoms with Crippen LogP contribution in [-0.2, 0) is 25.2 Å². The number of carbonyl (C=O) groups is 2. The van der Waals surface area contributed by atoms with Gasteiger partial charge in [0.1, 0.15) is 5.82 Å². The number of anilines is 1. The molecule has 23 heteroatoms. The molecular formula is C26H29F9N6O7S. The molecular weight excluding hydrogens is 711 g/mol. The standard InChI is InChI=1S/C22H27F3N6O3S.2C2HF3O2/c1-35(32,33)30-6-4-29(5-7-30)20-11-21(12-20,13-20)31-10-16(28-19(31)14-2-3-14)15-8-17(18(26)27-9-15)34-22(23,24)25;2*3-2(4,5)1(6)7/h8-10,14H,2-7,11-13H2,1H3,(H2,26,27);2*(H,6,7). The van der Waals surface area contributed by atoms with Crippen molar-refractivity contribution in [3.63, 3.8) is 0 Å². The van der Waals surface area contributed by atoms with Gasteiger partial charge in [0.05, 0.1) is 17.5 Å². The Labute approximate surface area is 271 Å². The second-order valence-corrected chi connectivity index (χ2v) is 14.0. The molecule has 7 rings (SSSR count). The van der Waals surface area contributed by atoms with Crippen molar-refractivity contribution >= 4 is 27.8 Å². The van der Waals surface area contributed by atoms with Crippen molar-refractivity contribution in [1.82, 2.24) is 23.7 Å². The first-order valence-corrected chi connectivity index (χ1v) is 16.0. The summed E-state index contributed by atoms with van der Waals surface area (Å²) in [5.74, 6) is -5.04. The zero-order valence-electron chi connectivity index (χ0n) is 25.2. The Morgan fingerprint density at radius 1 is 0.918 bits per heavy atom. The molecule has 1 aliphatic heterocycles. The molecule has 4 aliphatic carbocycles. The number of carboxylic acids is 2. The van der Waals surface area contributed by atoms with E-state index in [9.17, 15) is 47.9 Å². The fourth-order valence-corrected chi connectivity index (χ4v) is 6.94. The summed E-state index contributed by atoms with van der Waals surface area (Å²) in [5, 5.41) is 14.2. The van der Waals surface area contributed by atoms with Gasteiger partial charge >= 0.3 is 30.7 Å². The highest BCUT2D eigenvalue weighted by atomic mass is 32.2. The molecule has 4 saturated carbocycles. The van der Waals surface area contributed by atoms with E-state index in [1.54, 1.807) is 0 Å². The lowest BCUT2D eigenvalue weighted by atomic mass is 9.43. The van der Waals surface area contributed by atoms with Gasteiger partial charge in [0.2, 0.25) is 10.0 Å². The van der Waals surface area contributed by atoms with Crippen molar-refractivity contribution in [2.24, 2.45) is 0 Å². The van der Waals surface area contributed by atoms with Gasteiger partial charge in [-0.2, -0.15) is 30.6 Å². The number of nitrogen functional groups attached to an aromatic ring is 1. The third-order valence-corrected chi connectivity index (χ3v) is 9.73. The average molecular weight is 741 g/mol. The van der Waals surface area contributed by atoms with Crippen LogP contribution in [0.25, 0.3) is 11.3 Å². The van der Waals surface area contributed by atoms with E-state index in [0.29, 0.717) is 30.3 Å². The summed E-state index contributed by atoms with van der Waals surface area (Å²) >= 11 is 0. The van der Waals surface area contributed by atoms with Gasteiger partial charge in [0, 0.05) is 55.6 Å². The van der Waals surface area contributed by atoms with Crippen LogP contribution < -0.4 is 10.5 Å². The Morgan fingerprint density at radius 2 is 1.41 bits per heavy atom. The third kappa shape index (κ3) is 8.66. The minimum atomic E-state index is -5.08. The number of nitrogens with zero attached hydrogens (tertiary/aromatic N) is 5. The normalized spacial score (nSPS) is 24.3. The largest absolute Gasteiger partial charge is 0.573 e. The van der Waals surface area contributed by atoms with Crippen LogP contribution in [0.15, 0.2) is 18.5 Å². The van der Waals surface area contributed by atoms with Crippen molar-refractivity contribution in [2.75, 3.05) is 38.2 Å². The molecule has 5 fully saturated rings. The first kappa shape index (κ1) is 38.0. The number of rotatable bonds is 6. The molecule has 1 saturated heterocycles. The molecule has 5 aliphatic rings. The van der Waals surface area contributed by atoms with Crippen LogP contribution in [0, 0.1) is 0 Å². The van der Waals surface area contributed by atoms with E-state index in [1.165, 1.54) is 22.8 Å². The Hall–Kier alpha value is -3.86. The number of sulfonamides is 1. The minimum absolute atomic E-state index is 0.0380. The number of ether oxygens (including phenoxy) is 1. The maximum Gasteiger partial charge on any atom is 0.573 e. The van der Waals surface area contributed by atoms with Crippen LogP contribution in [0.1, 0.15) is 43.8 Å². The van der Waals surface area contributed by atoms with Gasteiger partial charge in [-0.25, -0.2) is 28.0 Å². The molecule has 13 nitrogen and oxygen atoms in total. The van der Waals surface area contributed by atoms with Crippen molar-refractivity contribution in [3.05, 3.63) is 24.3 Å². The van der Waals surface area contributed by atoms with Crippen molar-refractivity contribution in [1.29, 1.82) is 0 Å². The number of aromatic nitrogens is 3. The first-order valence-electron chi connectivity index (χ1n) is 14.2. The lowest BCUT2D eigenvalue weighted by molar-refractivity contribution is -0.274. The second kappa shape index (κ2) is 12.8. The van der Waals surface area contributed by atoms with Gasteiger partial charge in [-0.05, 0) is 38.2 Å². The molecule has 0 radical (unpaired) electrons. The SMILES string of the molecule is CS(=O)(=O)N1CCN(C23CC(n4cc(-c5cnc(N)c(OC(F)(F)F)c5)nc4C4CC4)(C2)C3)CC1.O=C(O)C(F)(F)F.O=C(O)C(F)(F)F. The van der Waals surface area contributed by atoms with E-state index >= 15 is 0 Å². The molecule has 0 atom stereocenters. The molecule has 0 amide bonds. The molecule has 49 heavy (non-hydrogen) atoms. The van der Waals surface area contributed by atoms with Crippen molar-refractivity contribution in [2.45, 2.75) is 67.8 Å². The van der Waals surface area contributed by atoms with Gasteiger partial charge in [-0.15, -0.1) is 13.2 Å². The first-order chi connectivity index (χ1) is 22.3. The molecule has 0 unspecified atom stereocenters. The summed E-state index contributed by atoms with van der Waals surface area (Å²) in [6.45, 7) is 2.49. The van der Waals surface area contributed by atoms with E-state index in [-0.39, 0.29) is 16.9 Å². The predicted octanol–water partition coefficient (Wildman–Crippen LogP) is 3.78. The van der Waals surface area contributed by atoms with Gasteiger partial charge in [-0.1, -0.05) is 0 Å². The summed E-state index contributed by atoms with van der Waals surface area (Å²) in [5.41, 5.74) is 6.64. The van der Waals surface area contributed by atoms with Crippen LogP contribution >= 0.6 is 0 Å². The number of pyridine rings is 1. The van der Waals surface area contributed by atoms with E-state index in [0.717, 1.165) is 51.0 Å². The number of hydrogen-bond acceptors (Lipinski definition) is 9. The quantitative estimate of drug-likeness (QED) is 0.367. The van der Waals surface area contributed by atoms with Crippen LogP contribution in [0.4, 0.5) is 45.3 Å². The zero-order chi connectivity index (χ0) is 37.0. The van der Waals surface area contributed by atoms with Gasteiger partial charge in [-0.3, -0.25) is 4.90 Å².